The Hall–Kier alpha value is -2.43. The molecule has 3 rings (SSSR count). The summed E-state index contributed by atoms with van der Waals surface area (Å²) in [4.78, 5) is 22.3. The standard InChI is InChI=1S/C14H12N2O3/c17-14-8-12-2-1-7-15(12)9-13(14)10-3-5-11(6-4-10)16(18)19/h1-7,13H,8-9H2. The summed E-state index contributed by atoms with van der Waals surface area (Å²) in [5, 5.41) is 10.6. The highest BCUT2D eigenvalue weighted by molar-refractivity contribution is 5.88. The monoisotopic (exact) mass is 256 g/mol. The van der Waals surface area contributed by atoms with E-state index in [2.05, 4.69) is 4.57 Å². The number of fused-ring (bicyclic) bond motifs is 1. The summed E-state index contributed by atoms with van der Waals surface area (Å²) in [5.74, 6) is -0.0410. The molecule has 0 saturated carbocycles. The number of hydrogen-bond donors (Lipinski definition) is 0. The molecule has 0 aliphatic carbocycles. The molecule has 1 aromatic heterocycles. The fraction of sp³-hybridized carbons (Fsp3) is 0.214. The van der Waals surface area contributed by atoms with Gasteiger partial charge in [-0.25, -0.2) is 0 Å². The van der Waals surface area contributed by atoms with E-state index in [0.29, 0.717) is 13.0 Å². The third kappa shape index (κ3) is 2.03. The smallest absolute Gasteiger partial charge is 0.269 e. The van der Waals surface area contributed by atoms with E-state index in [1.807, 2.05) is 18.3 Å². The molecule has 0 amide bonds. The first-order valence-corrected chi connectivity index (χ1v) is 6.06. The minimum absolute atomic E-state index is 0.0497. The Morgan fingerprint density at radius 3 is 2.63 bits per heavy atom. The normalized spacial score (nSPS) is 18.1. The number of nitro benzene ring substituents is 1. The number of Topliss-reactive ketones (excluding diaryl/α,β-unsaturated/α-hetero) is 1. The Balaban J connectivity index is 1.90. The van der Waals surface area contributed by atoms with Gasteiger partial charge in [0.15, 0.2) is 0 Å². The number of ketones is 1. The van der Waals surface area contributed by atoms with Crippen LogP contribution in [0.15, 0.2) is 42.6 Å². The fourth-order valence-electron chi connectivity index (χ4n) is 2.51. The molecule has 2 aromatic rings. The number of carbonyl (C=O) groups excluding carboxylic acids is 1. The van der Waals surface area contributed by atoms with Crippen molar-refractivity contribution < 1.29 is 9.72 Å². The van der Waals surface area contributed by atoms with Crippen molar-refractivity contribution in [2.75, 3.05) is 0 Å². The maximum atomic E-state index is 12.1. The van der Waals surface area contributed by atoms with E-state index in [-0.39, 0.29) is 17.4 Å². The Morgan fingerprint density at radius 1 is 1.21 bits per heavy atom. The SMILES string of the molecule is O=C1Cc2cccn2CC1c1ccc([N+](=O)[O-])cc1. The second-order valence-electron chi connectivity index (χ2n) is 4.70. The molecule has 0 bridgehead atoms. The summed E-state index contributed by atoms with van der Waals surface area (Å²) < 4.78 is 2.06. The van der Waals surface area contributed by atoms with Crippen molar-refractivity contribution in [2.45, 2.75) is 18.9 Å². The summed E-state index contributed by atoms with van der Waals surface area (Å²) in [6, 6.07) is 10.1. The molecule has 1 atom stereocenters. The third-order valence-electron chi connectivity index (χ3n) is 3.55. The van der Waals surface area contributed by atoms with E-state index in [9.17, 15) is 14.9 Å². The number of non-ortho nitro benzene ring substituents is 1. The molecular weight excluding hydrogens is 244 g/mol. The molecule has 1 aliphatic rings. The highest BCUT2D eigenvalue weighted by Crippen LogP contribution is 2.27. The average Bonchev–Trinajstić information content (AvgIpc) is 2.85. The minimum atomic E-state index is -0.434. The van der Waals surface area contributed by atoms with Gasteiger partial charge in [0.25, 0.3) is 5.69 Å². The van der Waals surface area contributed by atoms with Crippen molar-refractivity contribution in [2.24, 2.45) is 0 Å². The summed E-state index contributed by atoms with van der Waals surface area (Å²) in [5.41, 5.74) is 1.92. The van der Waals surface area contributed by atoms with E-state index < -0.39 is 4.92 Å². The molecular formula is C14H12N2O3. The molecule has 0 N–H and O–H groups in total. The molecule has 1 unspecified atom stereocenters. The van der Waals surface area contributed by atoms with E-state index in [1.54, 1.807) is 12.1 Å². The maximum Gasteiger partial charge on any atom is 0.269 e. The van der Waals surface area contributed by atoms with E-state index in [4.69, 9.17) is 0 Å². The van der Waals surface area contributed by atoms with Crippen LogP contribution >= 0.6 is 0 Å². The van der Waals surface area contributed by atoms with Gasteiger partial charge >= 0.3 is 0 Å². The molecule has 1 aliphatic heterocycles. The lowest BCUT2D eigenvalue weighted by Crippen LogP contribution is -2.27. The molecule has 2 heterocycles. The predicted molar refractivity (Wildman–Crippen MR) is 69.0 cm³/mol. The van der Waals surface area contributed by atoms with E-state index in [0.717, 1.165) is 11.3 Å². The van der Waals surface area contributed by atoms with E-state index in [1.165, 1.54) is 12.1 Å². The van der Waals surface area contributed by atoms with Crippen LogP contribution in [0.4, 0.5) is 5.69 Å². The van der Waals surface area contributed by atoms with Crippen molar-refractivity contribution in [3.63, 3.8) is 0 Å². The number of rotatable bonds is 2. The Labute approximate surface area is 109 Å². The first-order valence-electron chi connectivity index (χ1n) is 6.06. The number of aromatic nitrogens is 1. The third-order valence-corrected chi connectivity index (χ3v) is 3.55. The lowest BCUT2D eigenvalue weighted by atomic mass is 9.89. The van der Waals surface area contributed by atoms with Gasteiger partial charge in [0, 0.05) is 37.0 Å². The van der Waals surface area contributed by atoms with Gasteiger partial charge in [0.05, 0.1) is 10.8 Å². The van der Waals surface area contributed by atoms with Crippen LogP contribution in [0.2, 0.25) is 0 Å². The zero-order valence-corrected chi connectivity index (χ0v) is 10.2. The number of benzene rings is 1. The summed E-state index contributed by atoms with van der Waals surface area (Å²) in [6.07, 6.45) is 2.38. The van der Waals surface area contributed by atoms with Gasteiger partial charge in [0.2, 0.25) is 0 Å². The molecule has 0 spiro atoms. The topological polar surface area (TPSA) is 65.1 Å². The van der Waals surface area contributed by atoms with Crippen LogP contribution < -0.4 is 0 Å². The van der Waals surface area contributed by atoms with Gasteiger partial charge in [-0.05, 0) is 17.7 Å². The van der Waals surface area contributed by atoms with Crippen molar-refractivity contribution in [1.82, 2.24) is 4.57 Å². The molecule has 5 heteroatoms. The quantitative estimate of drug-likeness (QED) is 0.611. The summed E-state index contributed by atoms with van der Waals surface area (Å²) >= 11 is 0. The number of nitro groups is 1. The first-order chi connectivity index (χ1) is 9.15. The average molecular weight is 256 g/mol. The fourth-order valence-corrected chi connectivity index (χ4v) is 2.51. The van der Waals surface area contributed by atoms with Crippen LogP contribution in [-0.4, -0.2) is 15.3 Å². The highest BCUT2D eigenvalue weighted by atomic mass is 16.6. The van der Waals surface area contributed by atoms with Crippen molar-refractivity contribution >= 4 is 11.5 Å². The van der Waals surface area contributed by atoms with Crippen molar-refractivity contribution in [1.29, 1.82) is 0 Å². The molecule has 1 aromatic carbocycles. The molecule has 0 saturated heterocycles. The molecule has 19 heavy (non-hydrogen) atoms. The second kappa shape index (κ2) is 4.35. The zero-order valence-electron chi connectivity index (χ0n) is 10.2. The predicted octanol–water partition coefficient (Wildman–Crippen LogP) is 2.31. The minimum Gasteiger partial charge on any atom is -0.350 e. The number of carbonyl (C=O) groups is 1. The van der Waals surface area contributed by atoms with Crippen molar-refractivity contribution in [3.05, 3.63) is 64.0 Å². The summed E-state index contributed by atoms with van der Waals surface area (Å²) in [6.45, 7) is 0.610. The second-order valence-corrected chi connectivity index (χ2v) is 4.70. The van der Waals surface area contributed by atoms with Gasteiger partial charge in [-0.15, -0.1) is 0 Å². The Kier molecular flexibility index (Phi) is 2.67. The van der Waals surface area contributed by atoms with Gasteiger partial charge < -0.3 is 4.57 Å². The number of nitrogens with zero attached hydrogens (tertiary/aromatic N) is 2. The highest BCUT2D eigenvalue weighted by Gasteiger charge is 2.27. The van der Waals surface area contributed by atoms with Crippen LogP contribution in [0, 0.1) is 10.1 Å². The largest absolute Gasteiger partial charge is 0.350 e. The first kappa shape index (κ1) is 11.6. The maximum absolute atomic E-state index is 12.1. The van der Waals surface area contributed by atoms with Gasteiger partial charge in [-0.3, -0.25) is 14.9 Å². The molecule has 96 valence electrons. The molecule has 0 fully saturated rings. The van der Waals surface area contributed by atoms with Crippen LogP contribution in [0.1, 0.15) is 17.2 Å². The van der Waals surface area contributed by atoms with Gasteiger partial charge in [-0.1, -0.05) is 12.1 Å². The number of hydrogen-bond acceptors (Lipinski definition) is 3. The lowest BCUT2D eigenvalue weighted by molar-refractivity contribution is -0.384. The van der Waals surface area contributed by atoms with Gasteiger partial charge in [0.1, 0.15) is 5.78 Å². The Bertz CT molecular complexity index is 643. The Morgan fingerprint density at radius 2 is 1.95 bits per heavy atom. The van der Waals surface area contributed by atoms with Crippen molar-refractivity contribution in [3.8, 4) is 0 Å². The van der Waals surface area contributed by atoms with Crippen LogP contribution in [0.3, 0.4) is 0 Å². The van der Waals surface area contributed by atoms with E-state index >= 15 is 0 Å². The lowest BCUT2D eigenvalue weighted by Gasteiger charge is -2.23. The summed E-state index contributed by atoms with van der Waals surface area (Å²) in [7, 11) is 0. The van der Waals surface area contributed by atoms with Crippen LogP contribution in [0.25, 0.3) is 0 Å². The van der Waals surface area contributed by atoms with Crippen LogP contribution in [0.5, 0.6) is 0 Å². The molecule has 0 radical (unpaired) electrons. The van der Waals surface area contributed by atoms with Gasteiger partial charge in [-0.2, -0.15) is 0 Å². The van der Waals surface area contributed by atoms with Crippen LogP contribution in [-0.2, 0) is 17.8 Å². The zero-order chi connectivity index (χ0) is 13.4. The molecule has 5 nitrogen and oxygen atoms in total.